The molecule has 1 fully saturated rings. The van der Waals surface area contributed by atoms with Crippen LogP contribution in [0, 0.1) is 0 Å². The van der Waals surface area contributed by atoms with E-state index >= 15 is 0 Å². The zero-order valence-electron chi connectivity index (χ0n) is 17.6. The predicted molar refractivity (Wildman–Crippen MR) is 116 cm³/mol. The highest BCUT2D eigenvalue weighted by Gasteiger charge is 2.52. The maximum Gasteiger partial charge on any atom is 0.328 e. The Morgan fingerprint density at radius 1 is 1.19 bits per heavy atom. The Morgan fingerprint density at radius 3 is 2.74 bits per heavy atom. The number of aromatic hydroxyl groups is 1. The highest BCUT2D eigenvalue weighted by molar-refractivity contribution is 6.05. The molecule has 2 aliphatic rings. The molecule has 0 bridgehead atoms. The van der Waals surface area contributed by atoms with E-state index in [1.807, 2.05) is 37.3 Å². The molecule has 0 aliphatic carbocycles. The van der Waals surface area contributed by atoms with Crippen molar-refractivity contribution in [3.05, 3.63) is 59.3 Å². The van der Waals surface area contributed by atoms with Crippen molar-refractivity contribution in [1.29, 1.82) is 0 Å². The van der Waals surface area contributed by atoms with Crippen LogP contribution in [0.1, 0.15) is 42.6 Å². The molecule has 7 nitrogen and oxygen atoms in total. The lowest BCUT2D eigenvalue weighted by atomic mass is 9.88. The first-order valence-electron chi connectivity index (χ1n) is 10.6. The van der Waals surface area contributed by atoms with Crippen LogP contribution in [0.25, 0.3) is 10.9 Å². The maximum absolute atomic E-state index is 13.4. The number of nitrogens with one attached hydrogen (secondary N) is 1. The number of unbranched alkanes of at least 4 members (excludes halogenated alkanes) is 1. The Bertz CT molecular complexity index is 1180. The number of phenolic OH excluding ortho intramolecular Hbond substituents is 1. The number of nitrogens with zero attached hydrogens (tertiary/aromatic N) is 2. The minimum atomic E-state index is -0.551. The molecular weight excluding hydrogens is 394 g/mol. The number of hydrogen-bond acceptors (Lipinski definition) is 4. The number of phenols is 1. The summed E-state index contributed by atoms with van der Waals surface area (Å²) in [4.78, 5) is 33.2. The molecule has 0 spiro atoms. The second-order valence-corrected chi connectivity index (χ2v) is 8.15. The number of ether oxygens (including phenoxy) is 1. The van der Waals surface area contributed by atoms with Crippen molar-refractivity contribution in [1.82, 2.24) is 14.8 Å². The van der Waals surface area contributed by atoms with Gasteiger partial charge < -0.3 is 14.8 Å². The average molecular weight is 419 g/mol. The first-order valence-corrected chi connectivity index (χ1v) is 10.6. The van der Waals surface area contributed by atoms with Crippen molar-refractivity contribution < 1.29 is 19.4 Å². The fourth-order valence-corrected chi connectivity index (χ4v) is 4.87. The molecule has 5 rings (SSSR count). The normalized spacial score (nSPS) is 20.3. The molecule has 2 N–H and O–H groups in total. The third-order valence-electron chi connectivity index (χ3n) is 6.39. The molecule has 3 heterocycles. The molecule has 31 heavy (non-hydrogen) atoms. The van der Waals surface area contributed by atoms with E-state index in [-0.39, 0.29) is 17.7 Å². The molecule has 7 heteroatoms. The van der Waals surface area contributed by atoms with Gasteiger partial charge >= 0.3 is 6.03 Å². The number of aromatic nitrogens is 1. The highest BCUT2D eigenvalue weighted by atomic mass is 16.5. The number of benzene rings is 2. The van der Waals surface area contributed by atoms with Gasteiger partial charge in [-0.3, -0.25) is 14.6 Å². The smallest absolute Gasteiger partial charge is 0.328 e. The number of H-pyrrole nitrogens is 1. The molecule has 0 radical (unpaired) electrons. The highest BCUT2D eigenvalue weighted by Crippen LogP contribution is 2.45. The van der Waals surface area contributed by atoms with E-state index in [1.54, 1.807) is 17.0 Å². The molecule has 160 valence electrons. The number of amides is 3. The van der Waals surface area contributed by atoms with E-state index < -0.39 is 12.1 Å². The van der Waals surface area contributed by atoms with Gasteiger partial charge in [-0.05, 0) is 35.7 Å². The molecule has 0 saturated carbocycles. The summed E-state index contributed by atoms with van der Waals surface area (Å²) < 4.78 is 5.19. The Morgan fingerprint density at radius 2 is 2.00 bits per heavy atom. The van der Waals surface area contributed by atoms with Gasteiger partial charge in [0.25, 0.3) is 5.91 Å². The summed E-state index contributed by atoms with van der Waals surface area (Å²) in [5.74, 6) is 0.221. The number of hydrogen-bond donors (Lipinski definition) is 2. The summed E-state index contributed by atoms with van der Waals surface area (Å²) in [6, 6.07) is 11.8. The summed E-state index contributed by atoms with van der Waals surface area (Å²) in [7, 11) is 1.50. The van der Waals surface area contributed by atoms with Crippen LogP contribution in [-0.4, -0.2) is 51.5 Å². The molecule has 2 aromatic carbocycles. The van der Waals surface area contributed by atoms with E-state index in [0.717, 1.165) is 40.6 Å². The molecule has 1 aromatic heterocycles. The lowest BCUT2D eigenvalue weighted by molar-refractivity contribution is -0.128. The first kappa shape index (κ1) is 19.5. The van der Waals surface area contributed by atoms with Crippen molar-refractivity contribution in [3.8, 4) is 11.5 Å². The van der Waals surface area contributed by atoms with E-state index in [2.05, 4.69) is 4.98 Å². The molecule has 2 atom stereocenters. The Balaban J connectivity index is 1.68. The number of methoxy groups -OCH3 is 1. The fraction of sp³-hybridized carbons (Fsp3) is 0.333. The minimum Gasteiger partial charge on any atom is -0.504 e. The van der Waals surface area contributed by atoms with Gasteiger partial charge in [-0.1, -0.05) is 37.6 Å². The summed E-state index contributed by atoms with van der Waals surface area (Å²) in [6.07, 6.45) is 2.16. The van der Waals surface area contributed by atoms with Crippen LogP contribution < -0.4 is 4.74 Å². The first-order chi connectivity index (χ1) is 15.0. The minimum absolute atomic E-state index is 0.000552. The van der Waals surface area contributed by atoms with Crippen molar-refractivity contribution in [2.45, 2.75) is 38.3 Å². The van der Waals surface area contributed by atoms with E-state index in [0.29, 0.717) is 18.7 Å². The van der Waals surface area contributed by atoms with Crippen LogP contribution in [0.15, 0.2) is 42.5 Å². The number of aromatic amines is 1. The summed E-state index contributed by atoms with van der Waals surface area (Å²) in [5.41, 5.74) is 3.64. The summed E-state index contributed by atoms with van der Waals surface area (Å²) in [5, 5.41) is 11.5. The van der Waals surface area contributed by atoms with Gasteiger partial charge in [-0.25, -0.2) is 4.79 Å². The van der Waals surface area contributed by atoms with Crippen LogP contribution in [0.4, 0.5) is 4.79 Å². The molecule has 1 saturated heterocycles. The van der Waals surface area contributed by atoms with Gasteiger partial charge in [0.15, 0.2) is 11.5 Å². The second kappa shape index (κ2) is 7.34. The number of carbonyl (C=O) groups excluding carboxylic acids is 2. The molecular formula is C24H25N3O4. The topological polar surface area (TPSA) is 85.9 Å². The van der Waals surface area contributed by atoms with Gasteiger partial charge in [0.1, 0.15) is 12.1 Å². The molecule has 3 amide bonds. The molecule has 0 unspecified atom stereocenters. The largest absolute Gasteiger partial charge is 0.504 e. The Kier molecular flexibility index (Phi) is 4.61. The van der Waals surface area contributed by atoms with Gasteiger partial charge in [0.05, 0.1) is 7.11 Å². The van der Waals surface area contributed by atoms with Crippen molar-refractivity contribution >= 4 is 22.8 Å². The van der Waals surface area contributed by atoms with Gasteiger partial charge in [0, 0.05) is 29.6 Å². The molecule has 2 aliphatic heterocycles. The van der Waals surface area contributed by atoms with Crippen LogP contribution >= 0.6 is 0 Å². The second-order valence-electron chi connectivity index (χ2n) is 8.15. The van der Waals surface area contributed by atoms with E-state index in [4.69, 9.17) is 4.74 Å². The number of carbonyl (C=O) groups is 2. The zero-order chi connectivity index (χ0) is 21.7. The monoisotopic (exact) mass is 419 g/mol. The maximum atomic E-state index is 13.4. The zero-order valence-corrected chi connectivity index (χ0v) is 17.6. The Labute approximate surface area is 180 Å². The lowest BCUT2D eigenvalue weighted by Crippen LogP contribution is -2.44. The summed E-state index contributed by atoms with van der Waals surface area (Å²) in [6.45, 7) is 2.47. The van der Waals surface area contributed by atoms with Crippen molar-refractivity contribution in [2.24, 2.45) is 0 Å². The fourth-order valence-electron chi connectivity index (χ4n) is 4.87. The third kappa shape index (κ3) is 2.87. The van der Waals surface area contributed by atoms with E-state index in [9.17, 15) is 14.7 Å². The quantitative estimate of drug-likeness (QED) is 0.613. The van der Waals surface area contributed by atoms with Crippen LogP contribution in [0.5, 0.6) is 11.5 Å². The number of urea groups is 1. The van der Waals surface area contributed by atoms with Gasteiger partial charge in [0.2, 0.25) is 0 Å². The lowest BCUT2D eigenvalue weighted by Gasteiger charge is -2.36. The number of para-hydroxylation sites is 1. The number of fused-ring (bicyclic) bond motifs is 4. The third-order valence-corrected chi connectivity index (χ3v) is 6.39. The van der Waals surface area contributed by atoms with Gasteiger partial charge in [-0.15, -0.1) is 0 Å². The Hall–Kier alpha value is -3.48. The van der Waals surface area contributed by atoms with Crippen LogP contribution in [0.3, 0.4) is 0 Å². The van der Waals surface area contributed by atoms with Crippen molar-refractivity contribution in [3.63, 3.8) is 0 Å². The SMILES string of the molecule is CCCCN1C(=O)[C@@H]2Cc3c([nH]c4ccccc34)[C@@H](c3ccc(OC)c(O)c3)N2C1=O. The van der Waals surface area contributed by atoms with Crippen LogP contribution in [-0.2, 0) is 11.2 Å². The van der Waals surface area contributed by atoms with Crippen molar-refractivity contribution in [2.75, 3.05) is 13.7 Å². The standard InChI is InChI=1S/C24H25N3O4/c1-3-4-11-26-23(29)18-13-16-15-7-5-6-8-17(15)25-21(16)22(27(18)24(26)30)14-9-10-20(31-2)19(28)12-14/h5-10,12,18,22,25,28H,3-4,11,13H2,1-2H3/t18-,22+/m0/s1. The number of imide groups is 1. The predicted octanol–water partition coefficient (Wildman–Crippen LogP) is 3.96. The van der Waals surface area contributed by atoms with Gasteiger partial charge in [-0.2, -0.15) is 0 Å². The number of rotatable bonds is 5. The van der Waals surface area contributed by atoms with E-state index in [1.165, 1.54) is 12.0 Å². The van der Waals surface area contributed by atoms with Crippen LogP contribution in [0.2, 0.25) is 0 Å². The average Bonchev–Trinajstić information content (AvgIpc) is 3.26. The molecule has 3 aromatic rings. The summed E-state index contributed by atoms with van der Waals surface area (Å²) >= 11 is 0.